The van der Waals surface area contributed by atoms with E-state index in [0.29, 0.717) is 0 Å². The average Bonchev–Trinajstić information content (AvgIpc) is 3.53. The summed E-state index contributed by atoms with van der Waals surface area (Å²) < 4.78 is 4.67. The number of aryl methyl sites for hydroxylation is 2. The van der Waals surface area contributed by atoms with Crippen LogP contribution in [-0.2, 0) is 12.8 Å². The molecular formula is C36H24N4. The quantitative estimate of drug-likeness (QED) is 0.233. The highest BCUT2D eigenvalue weighted by atomic mass is 15.1. The Balaban J connectivity index is 1.38. The lowest BCUT2D eigenvalue weighted by atomic mass is 9.83. The number of para-hydroxylation sites is 2. The van der Waals surface area contributed by atoms with Crippen LogP contribution in [-0.4, -0.2) is 19.1 Å². The van der Waals surface area contributed by atoms with Crippen LogP contribution in [0.5, 0.6) is 0 Å². The maximum Gasteiger partial charge on any atom is 0.137 e. The monoisotopic (exact) mass is 512 g/mol. The van der Waals surface area contributed by atoms with E-state index in [9.17, 15) is 0 Å². The summed E-state index contributed by atoms with van der Waals surface area (Å²) in [6, 6.07) is 39.1. The second kappa shape index (κ2) is 8.14. The molecule has 0 atom stereocenters. The number of hydrogen-bond acceptors (Lipinski definition) is 2. The lowest BCUT2D eigenvalue weighted by Gasteiger charge is -2.22. The van der Waals surface area contributed by atoms with Gasteiger partial charge < -0.3 is 0 Å². The molecule has 0 bridgehead atoms. The van der Waals surface area contributed by atoms with Gasteiger partial charge >= 0.3 is 0 Å². The molecule has 0 N–H and O–H groups in total. The van der Waals surface area contributed by atoms with Crippen LogP contribution in [0.4, 0.5) is 0 Å². The molecule has 4 heteroatoms. The topological polar surface area (TPSA) is 35.6 Å². The molecule has 1 aliphatic rings. The molecule has 0 aliphatic heterocycles. The van der Waals surface area contributed by atoms with Gasteiger partial charge in [-0.1, -0.05) is 60.7 Å². The van der Waals surface area contributed by atoms with Gasteiger partial charge in [0.2, 0.25) is 0 Å². The molecule has 8 aromatic rings. The van der Waals surface area contributed by atoms with E-state index in [2.05, 4.69) is 106 Å². The van der Waals surface area contributed by atoms with E-state index in [1.807, 2.05) is 24.5 Å². The summed E-state index contributed by atoms with van der Waals surface area (Å²) >= 11 is 0. The Hall–Kier alpha value is -5.22. The zero-order valence-corrected chi connectivity index (χ0v) is 21.8. The minimum Gasteiger partial charge on any atom is -0.294 e. The standard InChI is InChI=1S/C36H24N4/c1-4-12-32-25(9-1)28-18-17-24-27(36(28)40(32)35-14-6-8-20-38-35)16-15-23-21-30-26-10-2-3-11-31(26)39(33(30)22-29(23)24)34-13-5-7-19-37-34/h1-14,17-22H,15-16H2. The number of fused-ring (bicyclic) bond motifs is 10. The number of rotatable bonds is 2. The van der Waals surface area contributed by atoms with Crippen molar-refractivity contribution in [3.63, 3.8) is 0 Å². The van der Waals surface area contributed by atoms with Crippen molar-refractivity contribution in [2.45, 2.75) is 12.8 Å². The van der Waals surface area contributed by atoms with Gasteiger partial charge in [-0.3, -0.25) is 9.13 Å². The summed E-state index contributed by atoms with van der Waals surface area (Å²) in [6.07, 6.45) is 5.75. The Morgan fingerprint density at radius 1 is 0.475 bits per heavy atom. The van der Waals surface area contributed by atoms with E-state index >= 15 is 0 Å². The Morgan fingerprint density at radius 3 is 1.85 bits per heavy atom. The summed E-state index contributed by atoms with van der Waals surface area (Å²) in [6.45, 7) is 0. The van der Waals surface area contributed by atoms with Crippen molar-refractivity contribution >= 4 is 43.6 Å². The van der Waals surface area contributed by atoms with Crippen LogP contribution >= 0.6 is 0 Å². The molecule has 0 spiro atoms. The number of aromatic nitrogens is 4. The number of hydrogen-bond donors (Lipinski definition) is 0. The van der Waals surface area contributed by atoms with Crippen molar-refractivity contribution in [3.8, 4) is 22.8 Å². The SMILES string of the molecule is c1ccc(-n2c3ccccc3c3cc4c(cc32)-c2ccc3c5ccccc5n(-c5ccccn5)c3c2CC4)nc1. The average molecular weight is 513 g/mol. The van der Waals surface area contributed by atoms with Gasteiger partial charge in [0.1, 0.15) is 11.6 Å². The Morgan fingerprint density at radius 2 is 1.12 bits per heavy atom. The molecule has 0 radical (unpaired) electrons. The Kier molecular flexibility index (Phi) is 4.41. The Labute approximate surface area is 230 Å². The first-order valence-electron chi connectivity index (χ1n) is 13.8. The van der Waals surface area contributed by atoms with Gasteiger partial charge in [0.05, 0.1) is 22.1 Å². The van der Waals surface area contributed by atoms with Crippen LogP contribution in [0.15, 0.2) is 122 Å². The van der Waals surface area contributed by atoms with Crippen LogP contribution in [0.3, 0.4) is 0 Å². The van der Waals surface area contributed by atoms with Gasteiger partial charge in [0, 0.05) is 33.9 Å². The molecule has 4 aromatic heterocycles. The minimum atomic E-state index is 0.940. The summed E-state index contributed by atoms with van der Waals surface area (Å²) in [5.74, 6) is 1.90. The van der Waals surface area contributed by atoms with Gasteiger partial charge in [0.15, 0.2) is 0 Å². The molecule has 0 amide bonds. The lowest BCUT2D eigenvalue weighted by Crippen LogP contribution is -2.07. The largest absolute Gasteiger partial charge is 0.294 e. The fourth-order valence-corrected chi connectivity index (χ4v) is 6.87. The molecule has 9 rings (SSSR count). The number of nitrogens with zero attached hydrogens (tertiary/aromatic N) is 4. The fraction of sp³-hybridized carbons (Fsp3) is 0.0556. The van der Waals surface area contributed by atoms with E-state index in [4.69, 9.17) is 9.97 Å². The predicted octanol–water partition coefficient (Wildman–Crippen LogP) is 8.44. The fourth-order valence-electron chi connectivity index (χ4n) is 6.87. The van der Waals surface area contributed by atoms with Crippen molar-refractivity contribution in [2.75, 3.05) is 0 Å². The molecule has 4 aromatic carbocycles. The predicted molar refractivity (Wildman–Crippen MR) is 164 cm³/mol. The maximum atomic E-state index is 4.78. The van der Waals surface area contributed by atoms with E-state index in [1.54, 1.807) is 0 Å². The first-order chi connectivity index (χ1) is 19.9. The van der Waals surface area contributed by atoms with Gasteiger partial charge in [-0.25, -0.2) is 9.97 Å². The molecule has 4 nitrogen and oxygen atoms in total. The Bertz CT molecular complexity index is 2250. The second-order valence-corrected chi connectivity index (χ2v) is 10.6. The van der Waals surface area contributed by atoms with Gasteiger partial charge in [0.25, 0.3) is 0 Å². The van der Waals surface area contributed by atoms with Gasteiger partial charge in [-0.15, -0.1) is 0 Å². The van der Waals surface area contributed by atoms with Crippen LogP contribution in [0.1, 0.15) is 11.1 Å². The first kappa shape index (κ1) is 21.7. The van der Waals surface area contributed by atoms with Crippen molar-refractivity contribution in [1.82, 2.24) is 19.1 Å². The second-order valence-electron chi connectivity index (χ2n) is 10.6. The van der Waals surface area contributed by atoms with Crippen LogP contribution in [0.25, 0.3) is 66.4 Å². The molecule has 0 saturated heterocycles. The highest BCUT2D eigenvalue weighted by Crippen LogP contribution is 2.44. The van der Waals surface area contributed by atoms with E-state index in [-0.39, 0.29) is 0 Å². The molecular weight excluding hydrogens is 488 g/mol. The highest BCUT2D eigenvalue weighted by molar-refractivity contribution is 6.13. The molecule has 0 unspecified atom stereocenters. The van der Waals surface area contributed by atoms with Crippen LogP contribution < -0.4 is 0 Å². The first-order valence-corrected chi connectivity index (χ1v) is 13.8. The number of pyridine rings is 2. The summed E-state index contributed by atoms with van der Waals surface area (Å²) in [5.41, 5.74) is 10.3. The highest BCUT2D eigenvalue weighted by Gasteiger charge is 2.25. The molecule has 188 valence electrons. The van der Waals surface area contributed by atoms with E-state index in [0.717, 1.165) is 24.5 Å². The molecule has 4 heterocycles. The van der Waals surface area contributed by atoms with E-state index < -0.39 is 0 Å². The van der Waals surface area contributed by atoms with Crippen LogP contribution in [0, 0.1) is 0 Å². The lowest BCUT2D eigenvalue weighted by molar-refractivity contribution is 0.941. The minimum absolute atomic E-state index is 0.940. The van der Waals surface area contributed by atoms with Crippen molar-refractivity contribution < 1.29 is 0 Å². The molecule has 40 heavy (non-hydrogen) atoms. The van der Waals surface area contributed by atoms with E-state index in [1.165, 1.54) is 65.9 Å². The molecule has 0 fully saturated rings. The van der Waals surface area contributed by atoms with Crippen molar-refractivity contribution in [3.05, 3.63) is 133 Å². The number of benzene rings is 4. The third-order valence-corrected chi connectivity index (χ3v) is 8.53. The maximum absolute atomic E-state index is 4.78. The normalized spacial score (nSPS) is 12.8. The molecule has 0 saturated carbocycles. The van der Waals surface area contributed by atoms with Crippen molar-refractivity contribution in [1.29, 1.82) is 0 Å². The molecule has 1 aliphatic carbocycles. The summed E-state index contributed by atoms with van der Waals surface area (Å²) in [4.78, 5) is 9.52. The smallest absolute Gasteiger partial charge is 0.137 e. The van der Waals surface area contributed by atoms with Crippen molar-refractivity contribution in [2.24, 2.45) is 0 Å². The van der Waals surface area contributed by atoms with Gasteiger partial charge in [-0.05, 0) is 83.6 Å². The zero-order chi connectivity index (χ0) is 26.2. The summed E-state index contributed by atoms with van der Waals surface area (Å²) in [5, 5.41) is 5.10. The third-order valence-electron chi connectivity index (χ3n) is 8.53. The third kappa shape index (κ3) is 2.90. The van der Waals surface area contributed by atoms with Gasteiger partial charge in [-0.2, -0.15) is 0 Å². The zero-order valence-electron chi connectivity index (χ0n) is 21.8. The summed E-state index contributed by atoms with van der Waals surface area (Å²) in [7, 11) is 0. The van der Waals surface area contributed by atoms with Crippen LogP contribution in [0.2, 0.25) is 0 Å².